The standard InChI is InChI=1S/C19H22N2O2/c1-23-18-9-7-16(8-10-18)19(22)15-20-11-13-21(14-12-20)17-5-3-2-4-6-17/h2-10H,11-15H2,1H3. The van der Waals surface area contributed by atoms with Crippen molar-refractivity contribution >= 4 is 11.5 Å². The number of anilines is 1. The van der Waals surface area contributed by atoms with E-state index in [2.05, 4.69) is 34.1 Å². The Balaban J connectivity index is 1.53. The molecule has 0 radical (unpaired) electrons. The highest BCUT2D eigenvalue weighted by atomic mass is 16.5. The van der Waals surface area contributed by atoms with Crippen molar-refractivity contribution in [2.24, 2.45) is 0 Å². The van der Waals surface area contributed by atoms with Crippen LogP contribution in [0.3, 0.4) is 0 Å². The van der Waals surface area contributed by atoms with Gasteiger partial charge in [-0.1, -0.05) is 18.2 Å². The third-order valence-corrected chi connectivity index (χ3v) is 4.27. The third kappa shape index (κ3) is 3.90. The summed E-state index contributed by atoms with van der Waals surface area (Å²) in [6.45, 7) is 4.22. The molecular weight excluding hydrogens is 288 g/mol. The Morgan fingerprint density at radius 2 is 1.61 bits per heavy atom. The van der Waals surface area contributed by atoms with Gasteiger partial charge in [0.2, 0.25) is 0 Å². The number of ketones is 1. The van der Waals surface area contributed by atoms with Crippen molar-refractivity contribution in [1.29, 1.82) is 0 Å². The van der Waals surface area contributed by atoms with Gasteiger partial charge in [-0.15, -0.1) is 0 Å². The maximum absolute atomic E-state index is 12.4. The molecule has 23 heavy (non-hydrogen) atoms. The molecule has 0 unspecified atom stereocenters. The van der Waals surface area contributed by atoms with Crippen LogP contribution in [0.1, 0.15) is 10.4 Å². The lowest BCUT2D eigenvalue weighted by atomic mass is 10.1. The van der Waals surface area contributed by atoms with Crippen LogP contribution >= 0.6 is 0 Å². The number of para-hydroxylation sites is 1. The largest absolute Gasteiger partial charge is 0.497 e. The van der Waals surface area contributed by atoms with E-state index in [0.717, 1.165) is 37.5 Å². The fraction of sp³-hybridized carbons (Fsp3) is 0.316. The van der Waals surface area contributed by atoms with Crippen molar-refractivity contribution < 1.29 is 9.53 Å². The van der Waals surface area contributed by atoms with Crippen LogP contribution in [0.4, 0.5) is 5.69 Å². The number of methoxy groups -OCH3 is 1. The predicted octanol–water partition coefficient (Wildman–Crippen LogP) is 2.70. The van der Waals surface area contributed by atoms with E-state index in [1.807, 2.05) is 30.3 Å². The highest BCUT2D eigenvalue weighted by Crippen LogP contribution is 2.16. The van der Waals surface area contributed by atoms with Gasteiger partial charge in [0.15, 0.2) is 5.78 Å². The van der Waals surface area contributed by atoms with Crippen LogP contribution < -0.4 is 9.64 Å². The zero-order valence-electron chi connectivity index (χ0n) is 13.4. The Morgan fingerprint density at radius 3 is 2.22 bits per heavy atom. The van der Waals surface area contributed by atoms with Crippen molar-refractivity contribution in [2.45, 2.75) is 0 Å². The summed E-state index contributed by atoms with van der Waals surface area (Å²) in [6, 6.07) is 17.8. The lowest BCUT2D eigenvalue weighted by Gasteiger charge is -2.35. The molecule has 0 bridgehead atoms. The number of carbonyl (C=O) groups excluding carboxylic acids is 1. The highest BCUT2D eigenvalue weighted by molar-refractivity contribution is 5.97. The monoisotopic (exact) mass is 310 g/mol. The molecule has 1 heterocycles. The minimum atomic E-state index is 0.167. The molecule has 0 aliphatic carbocycles. The SMILES string of the molecule is COc1ccc(C(=O)CN2CCN(c3ccccc3)CC2)cc1. The quantitative estimate of drug-likeness (QED) is 0.795. The molecule has 0 spiro atoms. The summed E-state index contributed by atoms with van der Waals surface area (Å²) in [5.74, 6) is 0.943. The highest BCUT2D eigenvalue weighted by Gasteiger charge is 2.19. The molecule has 0 amide bonds. The molecule has 3 rings (SSSR count). The molecular formula is C19H22N2O2. The number of piperazine rings is 1. The second kappa shape index (κ2) is 7.29. The molecule has 0 aromatic heterocycles. The maximum atomic E-state index is 12.4. The molecule has 4 heteroatoms. The van der Waals surface area contributed by atoms with Crippen molar-refractivity contribution in [1.82, 2.24) is 4.90 Å². The minimum Gasteiger partial charge on any atom is -0.497 e. The van der Waals surface area contributed by atoms with Crippen LogP contribution in [0.25, 0.3) is 0 Å². The number of hydrogen-bond donors (Lipinski definition) is 0. The topological polar surface area (TPSA) is 32.8 Å². The number of ether oxygens (including phenoxy) is 1. The van der Waals surface area contributed by atoms with Crippen LogP contribution in [0, 0.1) is 0 Å². The molecule has 120 valence electrons. The van der Waals surface area contributed by atoms with E-state index in [-0.39, 0.29) is 5.78 Å². The van der Waals surface area contributed by atoms with Crippen LogP contribution in [-0.2, 0) is 0 Å². The molecule has 0 saturated carbocycles. The Kier molecular flexibility index (Phi) is 4.93. The van der Waals surface area contributed by atoms with E-state index in [1.54, 1.807) is 7.11 Å². The number of benzene rings is 2. The second-order valence-corrected chi connectivity index (χ2v) is 5.75. The lowest BCUT2D eigenvalue weighted by molar-refractivity contribution is 0.0926. The summed E-state index contributed by atoms with van der Waals surface area (Å²) in [7, 11) is 1.63. The predicted molar refractivity (Wildman–Crippen MR) is 92.4 cm³/mol. The van der Waals surface area contributed by atoms with E-state index >= 15 is 0 Å². The van der Waals surface area contributed by atoms with Gasteiger partial charge < -0.3 is 9.64 Å². The van der Waals surface area contributed by atoms with Gasteiger partial charge in [0, 0.05) is 37.4 Å². The van der Waals surface area contributed by atoms with Crippen molar-refractivity contribution in [3.63, 3.8) is 0 Å². The summed E-state index contributed by atoms with van der Waals surface area (Å²) in [6.07, 6.45) is 0. The lowest BCUT2D eigenvalue weighted by Crippen LogP contribution is -2.48. The second-order valence-electron chi connectivity index (χ2n) is 5.75. The number of carbonyl (C=O) groups is 1. The first-order valence-electron chi connectivity index (χ1n) is 7.96. The van der Waals surface area contributed by atoms with E-state index in [1.165, 1.54) is 5.69 Å². The molecule has 2 aromatic rings. The summed E-state index contributed by atoms with van der Waals surface area (Å²) in [4.78, 5) is 17.0. The van der Waals surface area contributed by atoms with Crippen molar-refractivity contribution in [2.75, 3.05) is 44.7 Å². The van der Waals surface area contributed by atoms with Gasteiger partial charge in [0.25, 0.3) is 0 Å². The zero-order chi connectivity index (χ0) is 16.1. The fourth-order valence-corrected chi connectivity index (χ4v) is 2.87. The molecule has 1 aliphatic rings. The maximum Gasteiger partial charge on any atom is 0.176 e. The van der Waals surface area contributed by atoms with Gasteiger partial charge in [-0.3, -0.25) is 9.69 Å². The summed E-state index contributed by atoms with van der Waals surface area (Å²) < 4.78 is 5.13. The first-order valence-corrected chi connectivity index (χ1v) is 7.96. The van der Waals surface area contributed by atoms with Gasteiger partial charge in [-0.05, 0) is 36.4 Å². The van der Waals surface area contributed by atoms with Gasteiger partial charge in [-0.25, -0.2) is 0 Å². The van der Waals surface area contributed by atoms with E-state index in [0.29, 0.717) is 6.54 Å². The zero-order valence-corrected chi connectivity index (χ0v) is 13.4. The molecule has 0 atom stereocenters. The summed E-state index contributed by atoms with van der Waals surface area (Å²) in [5.41, 5.74) is 2.00. The number of Topliss-reactive ketones (excluding diaryl/α,β-unsaturated/α-hetero) is 1. The van der Waals surface area contributed by atoms with Gasteiger partial charge in [-0.2, -0.15) is 0 Å². The van der Waals surface area contributed by atoms with Gasteiger partial charge in [0.1, 0.15) is 5.75 Å². The van der Waals surface area contributed by atoms with Crippen molar-refractivity contribution in [3.05, 3.63) is 60.2 Å². The van der Waals surface area contributed by atoms with Gasteiger partial charge >= 0.3 is 0 Å². The molecule has 0 N–H and O–H groups in total. The Bertz CT molecular complexity index is 632. The van der Waals surface area contributed by atoms with Crippen molar-refractivity contribution in [3.8, 4) is 5.75 Å². The summed E-state index contributed by atoms with van der Waals surface area (Å²) >= 11 is 0. The fourth-order valence-electron chi connectivity index (χ4n) is 2.87. The van der Waals surface area contributed by atoms with E-state index in [4.69, 9.17) is 4.74 Å². The van der Waals surface area contributed by atoms with Crippen LogP contribution in [-0.4, -0.2) is 50.5 Å². The Morgan fingerprint density at radius 1 is 0.957 bits per heavy atom. The number of nitrogens with zero attached hydrogens (tertiary/aromatic N) is 2. The smallest absolute Gasteiger partial charge is 0.176 e. The molecule has 1 saturated heterocycles. The number of rotatable bonds is 5. The van der Waals surface area contributed by atoms with Crippen LogP contribution in [0.5, 0.6) is 5.75 Å². The summed E-state index contributed by atoms with van der Waals surface area (Å²) in [5, 5.41) is 0. The normalized spacial score (nSPS) is 15.4. The van der Waals surface area contributed by atoms with Gasteiger partial charge in [0.05, 0.1) is 13.7 Å². The Labute approximate surface area is 137 Å². The van der Waals surface area contributed by atoms with Crippen LogP contribution in [0.15, 0.2) is 54.6 Å². The average molecular weight is 310 g/mol. The Hall–Kier alpha value is -2.33. The average Bonchev–Trinajstić information content (AvgIpc) is 2.63. The molecule has 1 aliphatic heterocycles. The first kappa shape index (κ1) is 15.6. The first-order chi connectivity index (χ1) is 11.3. The molecule has 2 aromatic carbocycles. The minimum absolute atomic E-state index is 0.167. The number of hydrogen-bond acceptors (Lipinski definition) is 4. The van der Waals surface area contributed by atoms with Crippen LogP contribution in [0.2, 0.25) is 0 Å². The molecule has 4 nitrogen and oxygen atoms in total. The van der Waals surface area contributed by atoms with E-state index in [9.17, 15) is 4.79 Å². The third-order valence-electron chi connectivity index (χ3n) is 4.27. The molecule has 1 fully saturated rings. The van der Waals surface area contributed by atoms with E-state index < -0.39 is 0 Å².